The molecule has 3 atom stereocenters. The van der Waals surface area contributed by atoms with Crippen LogP contribution in [0.3, 0.4) is 0 Å². The smallest absolute Gasteiger partial charge is 0.225 e. The van der Waals surface area contributed by atoms with E-state index in [0.717, 1.165) is 36.8 Å². The van der Waals surface area contributed by atoms with E-state index < -0.39 is 9.84 Å². The second-order valence-corrected chi connectivity index (χ2v) is 9.67. The fourth-order valence-corrected chi connectivity index (χ4v) is 6.35. The fourth-order valence-electron chi connectivity index (χ4n) is 4.28. The summed E-state index contributed by atoms with van der Waals surface area (Å²) in [4.78, 5) is 13.7. The number of rotatable bonds is 1. The predicted octanol–water partition coefficient (Wildman–Crippen LogP) is 1.04. The first-order valence-corrected chi connectivity index (χ1v) is 10.2. The number of nitrogens with zero attached hydrogens (tertiary/aromatic N) is 4. The molecule has 2 fully saturated rings. The van der Waals surface area contributed by atoms with Gasteiger partial charge in [0.25, 0.3) is 0 Å². The Kier molecular flexibility index (Phi) is 3.61. The van der Waals surface area contributed by atoms with Crippen molar-refractivity contribution in [2.45, 2.75) is 36.7 Å². The second-order valence-electron chi connectivity index (χ2n) is 7.45. The molecule has 0 aliphatic carbocycles. The summed E-state index contributed by atoms with van der Waals surface area (Å²) in [7, 11) is -1.10. The molecule has 1 unspecified atom stereocenters. The first kappa shape index (κ1) is 15.3. The minimum absolute atomic E-state index is 0.00212. The van der Waals surface area contributed by atoms with Crippen molar-refractivity contribution in [3.8, 4) is 0 Å². The van der Waals surface area contributed by atoms with Crippen LogP contribution in [-0.2, 0) is 15.6 Å². The SMILES string of the molecule is CC1CCCN(c2ncc3c(n2)[C@H]2CN(C)C[C@H]2S(=O)(=O)C3)C1. The van der Waals surface area contributed by atoms with Crippen LogP contribution in [0.1, 0.15) is 36.9 Å². The van der Waals surface area contributed by atoms with Crippen LogP contribution in [0, 0.1) is 5.92 Å². The van der Waals surface area contributed by atoms with Crippen LogP contribution >= 0.6 is 0 Å². The highest BCUT2D eigenvalue weighted by Crippen LogP contribution is 2.39. The van der Waals surface area contributed by atoms with Gasteiger partial charge in [-0.2, -0.15) is 0 Å². The van der Waals surface area contributed by atoms with E-state index in [1.54, 1.807) is 6.20 Å². The van der Waals surface area contributed by atoms with Crippen LogP contribution in [0.5, 0.6) is 0 Å². The third-order valence-corrected chi connectivity index (χ3v) is 7.56. The van der Waals surface area contributed by atoms with E-state index in [0.29, 0.717) is 12.5 Å². The molecule has 0 radical (unpaired) electrons. The van der Waals surface area contributed by atoms with Crippen LogP contribution in [0.25, 0.3) is 0 Å². The molecule has 6 nitrogen and oxygen atoms in total. The minimum Gasteiger partial charge on any atom is -0.341 e. The van der Waals surface area contributed by atoms with Crippen molar-refractivity contribution >= 4 is 15.8 Å². The lowest BCUT2D eigenvalue weighted by molar-refractivity contribution is 0.410. The number of hydrogen-bond acceptors (Lipinski definition) is 6. The lowest BCUT2D eigenvalue weighted by Crippen LogP contribution is -2.38. The summed E-state index contributed by atoms with van der Waals surface area (Å²) in [6, 6.07) is 0. The zero-order valence-electron chi connectivity index (χ0n) is 13.8. The molecule has 1 aromatic heterocycles. The Balaban J connectivity index is 1.71. The van der Waals surface area contributed by atoms with Crippen LogP contribution in [0.4, 0.5) is 5.95 Å². The highest BCUT2D eigenvalue weighted by Gasteiger charge is 2.46. The van der Waals surface area contributed by atoms with Gasteiger partial charge in [0.2, 0.25) is 5.95 Å². The van der Waals surface area contributed by atoms with Gasteiger partial charge in [-0.15, -0.1) is 0 Å². The van der Waals surface area contributed by atoms with Crippen LogP contribution < -0.4 is 4.90 Å². The zero-order chi connectivity index (χ0) is 16.2. The molecule has 1 aromatic rings. The Morgan fingerprint density at radius 3 is 2.87 bits per heavy atom. The van der Waals surface area contributed by atoms with E-state index in [2.05, 4.69) is 21.7 Å². The largest absolute Gasteiger partial charge is 0.341 e. The number of hydrogen-bond donors (Lipinski definition) is 0. The van der Waals surface area contributed by atoms with Gasteiger partial charge < -0.3 is 9.80 Å². The van der Waals surface area contributed by atoms with Gasteiger partial charge >= 0.3 is 0 Å². The average Bonchev–Trinajstić information content (AvgIpc) is 2.90. The molecule has 0 amide bonds. The maximum Gasteiger partial charge on any atom is 0.225 e. The number of fused-ring (bicyclic) bond motifs is 3. The molecular formula is C16H24N4O2S. The van der Waals surface area contributed by atoms with Gasteiger partial charge in [0.05, 0.1) is 16.7 Å². The van der Waals surface area contributed by atoms with E-state index in [9.17, 15) is 8.42 Å². The summed E-state index contributed by atoms with van der Waals surface area (Å²) in [5.41, 5.74) is 1.77. The summed E-state index contributed by atoms with van der Waals surface area (Å²) in [6.07, 6.45) is 4.18. The third-order valence-electron chi connectivity index (χ3n) is 5.44. The first-order chi connectivity index (χ1) is 10.9. The molecule has 0 saturated carbocycles. The maximum absolute atomic E-state index is 12.5. The quantitative estimate of drug-likeness (QED) is 0.763. The van der Waals surface area contributed by atoms with Crippen LogP contribution in [-0.4, -0.2) is 61.8 Å². The first-order valence-electron chi connectivity index (χ1n) is 8.45. The zero-order valence-corrected chi connectivity index (χ0v) is 14.6. The predicted molar refractivity (Wildman–Crippen MR) is 89.3 cm³/mol. The summed E-state index contributed by atoms with van der Waals surface area (Å²) in [6.45, 7) is 5.63. The van der Waals surface area contributed by atoms with E-state index in [4.69, 9.17) is 4.98 Å². The molecule has 4 rings (SSSR count). The van der Waals surface area contributed by atoms with E-state index in [-0.39, 0.29) is 16.9 Å². The van der Waals surface area contributed by atoms with E-state index in [1.165, 1.54) is 12.8 Å². The average molecular weight is 336 g/mol. The van der Waals surface area contributed by atoms with Gasteiger partial charge in [0, 0.05) is 43.9 Å². The van der Waals surface area contributed by atoms with E-state index in [1.807, 2.05) is 7.05 Å². The second kappa shape index (κ2) is 5.41. The van der Waals surface area contributed by atoms with Crippen molar-refractivity contribution in [2.75, 3.05) is 38.1 Å². The molecule has 126 valence electrons. The number of sulfone groups is 1. The third kappa shape index (κ3) is 2.63. The number of likely N-dealkylation sites (N-methyl/N-ethyl adjacent to an activating group) is 1. The molecule has 3 aliphatic heterocycles. The van der Waals surface area contributed by atoms with Crippen molar-refractivity contribution in [1.82, 2.24) is 14.9 Å². The fraction of sp³-hybridized carbons (Fsp3) is 0.750. The molecule has 0 spiro atoms. The normalized spacial score (nSPS) is 33.3. The highest BCUT2D eigenvalue weighted by atomic mass is 32.2. The van der Waals surface area contributed by atoms with Crippen molar-refractivity contribution in [3.63, 3.8) is 0 Å². The molecule has 0 aromatic carbocycles. The monoisotopic (exact) mass is 336 g/mol. The van der Waals surface area contributed by atoms with Crippen LogP contribution in [0.15, 0.2) is 6.20 Å². The summed E-state index contributed by atoms with van der Waals surface area (Å²) in [5, 5.41) is -0.303. The Morgan fingerprint density at radius 2 is 2.09 bits per heavy atom. The summed E-state index contributed by atoms with van der Waals surface area (Å²) >= 11 is 0. The van der Waals surface area contributed by atoms with E-state index >= 15 is 0 Å². The summed E-state index contributed by atoms with van der Waals surface area (Å²) < 4.78 is 25.0. The van der Waals surface area contributed by atoms with Gasteiger partial charge in [0.15, 0.2) is 9.84 Å². The van der Waals surface area contributed by atoms with Gasteiger partial charge in [-0.1, -0.05) is 6.92 Å². The van der Waals surface area contributed by atoms with Gasteiger partial charge in [-0.25, -0.2) is 18.4 Å². The van der Waals surface area contributed by atoms with Crippen molar-refractivity contribution in [3.05, 3.63) is 17.5 Å². The van der Waals surface area contributed by atoms with Gasteiger partial charge in [-0.3, -0.25) is 0 Å². The number of aromatic nitrogens is 2. The van der Waals surface area contributed by atoms with Crippen molar-refractivity contribution < 1.29 is 8.42 Å². The lowest BCUT2D eigenvalue weighted by Gasteiger charge is -2.32. The number of piperidine rings is 1. The topological polar surface area (TPSA) is 66.4 Å². The highest BCUT2D eigenvalue weighted by molar-refractivity contribution is 7.91. The molecular weight excluding hydrogens is 312 g/mol. The lowest BCUT2D eigenvalue weighted by atomic mass is 9.99. The Morgan fingerprint density at radius 1 is 1.26 bits per heavy atom. The van der Waals surface area contributed by atoms with Gasteiger partial charge in [0.1, 0.15) is 0 Å². The van der Waals surface area contributed by atoms with Crippen molar-refractivity contribution in [1.29, 1.82) is 0 Å². The molecule has 0 bridgehead atoms. The number of likely N-dealkylation sites (tertiary alicyclic amines) is 1. The standard InChI is InChI=1S/C16H24N4O2S/c1-11-4-3-5-20(7-11)16-17-6-12-10-23(21,22)14-9-19(2)8-13(14)15(12)18-16/h6,11,13-14H,3-5,7-10H2,1-2H3/t11?,13-,14+/m0/s1. The van der Waals surface area contributed by atoms with Crippen LogP contribution in [0.2, 0.25) is 0 Å². The molecule has 3 aliphatic rings. The Hall–Kier alpha value is -1.21. The molecule has 7 heteroatoms. The Bertz CT molecular complexity index is 721. The summed E-state index contributed by atoms with van der Waals surface area (Å²) in [5.74, 6) is 1.53. The van der Waals surface area contributed by atoms with Gasteiger partial charge in [-0.05, 0) is 25.8 Å². The maximum atomic E-state index is 12.5. The molecule has 2 saturated heterocycles. The van der Waals surface area contributed by atoms with Crippen molar-refractivity contribution in [2.24, 2.45) is 5.92 Å². The Labute approximate surface area is 137 Å². The molecule has 23 heavy (non-hydrogen) atoms. The number of anilines is 1. The molecule has 0 N–H and O–H groups in total. The molecule has 4 heterocycles. The minimum atomic E-state index is -3.09.